The predicted molar refractivity (Wildman–Crippen MR) is 73.4 cm³/mol. The highest BCUT2D eigenvalue weighted by molar-refractivity contribution is 4.78. The first-order valence-corrected chi connectivity index (χ1v) is 6.88. The molecule has 0 aromatic carbocycles. The number of nitrogens with zero attached hydrogens (tertiary/aromatic N) is 1. The van der Waals surface area contributed by atoms with Crippen LogP contribution in [0.1, 0.15) is 41.5 Å². The highest BCUT2D eigenvalue weighted by Crippen LogP contribution is 2.13. The van der Waals surface area contributed by atoms with Crippen LogP contribution in [0.2, 0.25) is 0 Å². The Bertz CT molecular complexity index is 225. The van der Waals surface area contributed by atoms with Gasteiger partial charge in [-0.25, -0.2) is 0 Å². The topological polar surface area (TPSA) is 24.5 Å². The van der Waals surface area contributed by atoms with Crippen LogP contribution >= 0.6 is 0 Å². The molecule has 0 aliphatic carbocycles. The van der Waals surface area contributed by atoms with Gasteiger partial charge < -0.3 is 10.1 Å². The SMILES string of the molecule is CC(CNC(C)(C)C)CN1CC(C)OCC1C. The third-order valence-corrected chi connectivity index (χ3v) is 3.26. The van der Waals surface area contributed by atoms with Crippen LogP contribution < -0.4 is 5.32 Å². The molecule has 1 N–H and O–H groups in total. The van der Waals surface area contributed by atoms with Crippen molar-refractivity contribution in [1.29, 1.82) is 0 Å². The first kappa shape index (κ1) is 14.9. The first-order chi connectivity index (χ1) is 7.78. The molecule has 17 heavy (non-hydrogen) atoms. The second-order valence-corrected chi connectivity index (χ2v) is 6.68. The molecule has 0 radical (unpaired) electrons. The molecule has 1 heterocycles. The summed E-state index contributed by atoms with van der Waals surface area (Å²) in [7, 11) is 0. The molecule has 1 aliphatic rings. The minimum absolute atomic E-state index is 0.220. The van der Waals surface area contributed by atoms with Crippen molar-refractivity contribution in [2.75, 3.05) is 26.2 Å². The van der Waals surface area contributed by atoms with E-state index in [0.717, 1.165) is 26.2 Å². The highest BCUT2D eigenvalue weighted by atomic mass is 16.5. The summed E-state index contributed by atoms with van der Waals surface area (Å²) in [4.78, 5) is 2.56. The largest absolute Gasteiger partial charge is 0.376 e. The molecular formula is C14H30N2O. The number of morpholine rings is 1. The second-order valence-electron chi connectivity index (χ2n) is 6.68. The molecule has 0 spiro atoms. The molecule has 0 saturated carbocycles. The van der Waals surface area contributed by atoms with E-state index in [2.05, 4.69) is 51.8 Å². The van der Waals surface area contributed by atoms with Crippen molar-refractivity contribution >= 4 is 0 Å². The Kier molecular flexibility index (Phi) is 5.42. The van der Waals surface area contributed by atoms with E-state index in [4.69, 9.17) is 4.74 Å². The van der Waals surface area contributed by atoms with Gasteiger partial charge in [-0.1, -0.05) is 6.92 Å². The van der Waals surface area contributed by atoms with Crippen molar-refractivity contribution in [2.45, 2.75) is 59.2 Å². The average Bonchev–Trinajstić information content (AvgIpc) is 2.20. The molecule has 0 amide bonds. The molecule has 3 unspecified atom stereocenters. The maximum absolute atomic E-state index is 5.66. The summed E-state index contributed by atoms with van der Waals surface area (Å²) in [5.74, 6) is 0.682. The van der Waals surface area contributed by atoms with Gasteiger partial charge in [-0.2, -0.15) is 0 Å². The van der Waals surface area contributed by atoms with Crippen LogP contribution in [-0.2, 0) is 4.74 Å². The Hall–Kier alpha value is -0.120. The highest BCUT2D eigenvalue weighted by Gasteiger charge is 2.24. The van der Waals surface area contributed by atoms with Gasteiger partial charge in [0.1, 0.15) is 0 Å². The summed E-state index contributed by atoms with van der Waals surface area (Å²) in [6.45, 7) is 17.6. The number of hydrogen-bond donors (Lipinski definition) is 1. The van der Waals surface area contributed by atoms with Crippen molar-refractivity contribution in [1.82, 2.24) is 10.2 Å². The van der Waals surface area contributed by atoms with E-state index in [9.17, 15) is 0 Å². The number of rotatable bonds is 4. The fraction of sp³-hybridized carbons (Fsp3) is 1.00. The maximum Gasteiger partial charge on any atom is 0.0674 e. The summed E-state index contributed by atoms with van der Waals surface area (Å²) < 4.78 is 5.66. The summed E-state index contributed by atoms with van der Waals surface area (Å²) in [5.41, 5.74) is 0.220. The lowest BCUT2D eigenvalue weighted by molar-refractivity contribution is -0.0535. The van der Waals surface area contributed by atoms with Gasteiger partial charge in [-0.15, -0.1) is 0 Å². The van der Waals surface area contributed by atoms with E-state index in [-0.39, 0.29) is 5.54 Å². The summed E-state index contributed by atoms with van der Waals surface area (Å²) in [6, 6.07) is 0.559. The zero-order valence-electron chi connectivity index (χ0n) is 12.4. The maximum atomic E-state index is 5.66. The van der Waals surface area contributed by atoms with E-state index >= 15 is 0 Å². The number of hydrogen-bond acceptors (Lipinski definition) is 3. The lowest BCUT2D eigenvalue weighted by Crippen LogP contribution is -2.50. The fourth-order valence-corrected chi connectivity index (χ4v) is 2.17. The predicted octanol–water partition coefficient (Wildman–Crippen LogP) is 2.12. The Morgan fingerprint density at radius 3 is 2.59 bits per heavy atom. The van der Waals surface area contributed by atoms with Crippen molar-refractivity contribution in [3.63, 3.8) is 0 Å². The van der Waals surface area contributed by atoms with Gasteiger partial charge in [0.25, 0.3) is 0 Å². The standard InChI is InChI=1S/C14H30N2O/c1-11(7-15-14(4,5)6)8-16-9-13(3)17-10-12(16)2/h11-13,15H,7-10H2,1-6H3. The lowest BCUT2D eigenvalue weighted by atomic mass is 10.1. The van der Waals surface area contributed by atoms with E-state index in [1.165, 1.54) is 0 Å². The summed E-state index contributed by atoms with van der Waals surface area (Å²) in [5, 5.41) is 3.58. The number of nitrogens with one attached hydrogen (secondary N) is 1. The molecule has 1 rings (SSSR count). The molecule has 1 fully saturated rings. The van der Waals surface area contributed by atoms with Crippen molar-refractivity contribution in [3.05, 3.63) is 0 Å². The van der Waals surface area contributed by atoms with Crippen LogP contribution in [-0.4, -0.2) is 48.8 Å². The van der Waals surface area contributed by atoms with Gasteiger partial charge in [-0.05, 0) is 47.1 Å². The zero-order chi connectivity index (χ0) is 13.1. The van der Waals surface area contributed by atoms with Gasteiger partial charge in [0, 0.05) is 24.7 Å². The quantitative estimate of drug-likeness (QED) is 0.817. The Labute approximate surface area is 107 Å². The Balaban J connectivity index is 2.31. The molecule has 1 aliphatic heterocycles. The molecule has 1 saturated heterocycles. The lowest BCUT2D eigenvalue weighted by Gasteiger charge is -2.38. The van der Waals surface area contributed by atoms with Crippen LogP contribution in [0, 0.1) is 5.92 Å². The zero-order valence-corrected chi connectivity index (χ0v) is 12.4. The van der Waals surface area contributed by atoms with Gasteiger partial charge in [0.2, 0.25) is 0 Å². The smallest absolute Gasteiger partial charge is 0.0674 e. The third-order valence-electron chi connectivity index (χ3n) is 3.26. The number of ether oxygens (including phenoxy) is 1. The van der Waals surface area contributed by atoms with Gasteiger partial charge >= 0.3 is 0 Å². The van der Waals surface area contributed by atoms with Gasteiger partial charge in [-0.3, -0.25) is 4.90 Å². The molecule has 3 nitrogen and oxygen atoms in total. The van der Waals surface area contributed by atoms with Crippen molar-refractivity contribution < 1.29 is 4.74 Å². The Morgan fingerprint density at radius 1 is 1.35 bits per heavy atom. The minimum Gasteiger partial charge on any atom is -0.376 e. The third kappa shape index (κ3) is 5.84. The monoisotopic (exact) mass is 242 g/mol. The van der Waals surface area contributed by atoms with Crippen LogP contribution in [0.25, 0.3) is 0 Å². The van der Waals surface area contributed by atoms with E-state index < -0.39 is 0 Å². The molecular weight excluding hydrogens is 212 g/mol. The Morgan fingerprint density at radius 2 is 2.00 bits per heavy atom. The van der Waals surface area contributed by atoms with E-state index in [1.807, 2.05) is 0 Å². The van der Waals surface area contributed by atoms with Crippen molar-refractivity contribution in [3.8, 4) is 0 Å². The van der Waals surface area contributed by atoms with Gasteiger partial charge in [0.05, 0.1) is 12.7 Å². The minimum atomic E-state index is 0.220. The molecule has 102 valence electrons. The average molecular weight is 242 g/mol. The summed E-state index contributed by atoms with van der Waals surface area (Å²) >= 11 is 0. The summed E-state index contributed by atoms with van der Waals surface area (Å²) in [6.07, 6.45) is 0.383. The first-order valence-electron chi connectivity index (χ1n) is 6.88. The van der Waals surface area contributed by atoms with Crippen LogP contribution in [0.4, 0.5) is 0 Å². The fourth-order valence-electron chi connectivity index (χ4n) is 2.17. The molecule has 3 heteroatoms. The van der Waals surface area contributed by atoms with Crippen LogP contribution in [0.5, 0.6) is 0 Å². The second kappa shape index (κ2) is 6.17. The van der Waals surface area contributed by atoms with E-state index in [1.54, 1.807) is 0 Å². The normalized spacial score (nSPS) is 29.3. The molecule has 0 aromatic rings. The van der Waals surface area contributed by atoms with Crippen LogP contribution in [0.15, 0.2) is 0 Å². The van der Waals surface area contributed by atoms with Crippen molar-refractivity contribution in [2.24, 2.45) is 5.92 Å². The van der Waals surface area contributed by atoms with E-state index in [0.29, 0.717) is 18.1 Å². The molecule has 0 bridgehead atoms. The molecule has 3 atom stereocenters. The van der Waals surface area contributed by atoms with Gasteiger partial charge in [0.15, 0.2) is 0 Å². The molecule has 0 aromatic heterocycles. The van der Waals surface area contributed by atoms with Crippen LogP contribution in [0.3, 0.4) is 0 Å².